The van der Waals surface area contributed by atoms with Gasteiger partial charge >= 0.3 is 365 Å². The molecule has 0 amide bonds. The first-order valence-corrected chi connectivity index (χ1v) is 26.8. The molecule has 0 N–H and O–H groups in total. The number of hydrogen-bond acceptors (Lipinski definition) is 3. The first-order chi connectivity index (χ1) is 29.4. The summed E-state index contributed by atoms with van der Waals surface area (Å²) < 4.78 is 11.6. The van der Waals surface area contributed by atoms with Gasteiger partial charge in [0.25, 0.3) is 0 Å². The molecule has 0 aromatic heterocycles. The minimum absolute atomic E-state index is 0.0305. The molecule has 11 rings (SSSR count). The fourth-order valence-electron chi connectivity index (χ4n) is 10.1. The van der Waals surface area contributed by atoms with E-state index in [1.807, 2.05) is 0 Å². The molecule has 0 bridgehead atoms. The summed E-state index contributed by atoms with van der Waals surface area (Å²) in [6, 6.07) is 65.7. The van der Waals surface area contributed by atoms with Crippen LogP contribution in [0.5, 0.6) is 11.5 Å². The second-order valence-corrected chi connectivity index (χ2v) is 27.1. The first-order valence-electron chi connectivity index (χ1n) is 21.6. The normalized spacial score (nSPS) is 14.3. The zero-order valence-electron chi connectivity index (χ0n) is 36.0. The maximum absolute atomic E-state index is 7.42. The third kappa shape index (κ3) is 5.92. The molecule has 0 unspecified atom stereocenters. The molecule has 0 fully saturated rings. The number of anilines is 6. The third-order valence-corrected chi connectivity index (χ3v) is 22.7. The van der Waals surface area contributed by atoms with Gasteiger partial charge in [0.1, 0.15) is 0 Å². The molecule has 0 saturated heterocycles. The van der Waals surface area contributed by atoms with Crippen molar-refractivity contribution in [1.82, 2.24) is 0 Å². The van der Waals surface area contributed by atoms with Crippen LogP contribution in [-0.2, 0) is 10.8 Å². The zero-order valence-corrected chi connectivity index (χ0v) is 38.1. The SMILES string of the molecule is CC(C)(C)c1ccc(N2c3cc(-c4ccccc4)cc4[c]3[Ge]3([CH3])[c]5c(cc(-c6ccccc6)cc5N(c5ccc(C(C)(C)C)cc5)c5cc(-c6ccccc6)cc2[c]53)O4)cc1. The fraction of sp³-hybridized carbons (Fsp3) is 0.158. The number of hydrogen-bond donors (Lipinski definition) is 0. The number of ether oxygens (including phenoxy) is 1. The summed E-state index contributed by atoms with van der Waals surface area (Å²) >= 11 is -3.61. The topological polar surface area (TPSA) is 15.7 Å². The average Bonchev–Trinajstić information content (AvgIpc) is 3.26. The fourth-order valence-corrected chi connectivity index (χ4v) is 20.1. The van der Waals surface area contributed by atoms with Gasteiger partial charge in [0.2, 0.25) is 0 Å². The molecule has 3 aliphatic heterocycles. The van der Waals surface area contributed by atoms with Crippen molar-refractivity contribution in [2.24, 2.45) is 0 Å². The van der Waals surface area contributed by atoms with Gasteiger partial charge in [-0.05, 0) is 0 Å². The molecule has 4 heteroatoms. The Balaban J connectivity index is 1.29. The van der Waals surface area contributed by atoms with Gasteiger partial charge in [-0.15, -0.1) is 0 Å². The van der Waals surface area contributed by atoms with E-state index >= 15 is 0 Å². The van der Waals surface area contributed by atoms with E-state index in [1.54, 1.807) is 0 Å². The maximum atomic E-state index is 7.42. The van der Waals surface area contributed by atoms with Crippen molar-refractivity contribution >= 4 is 60.6 Å². The second kappa shape index (κ2) is 13.6. The van der Waals surface area contributed by atoms with Gasteiger partial charge in [-0.3, -0.25) is 0 Å². The molecule has 61 heavy (non-hydrogen) atoms. The predicted molar refractivity (Wildman–Crippen MR) is 260 cm³/mol. The standard InChI is InChI=1S/C57H50GeN2O/c1-56(2,3)43-23-27-45(28-24-43)59-47-31-40(37-17-11-8-12-18-37)32-48-53(47)58(7)54-49(59)33-41(38-19-13-9-14-20-38)35-51(54)61-52-36-42(39-21-15-10-16-22-39)34-50(55(52)58)60(48)46-29-25-44(26-30-46)57(4,5)6/h8-36H,1-7H3. The van der Waals surface area contributed by atoms with Crippen molar-refractivity contribution in [3.05, 3.63) is 187 Å². The van der Waals surface area contributed by atoms with E-state index in [-0.39, 0.29) is 10.8 Å². The molecule has 0 radical (unpaired) electrons. The van der Waals surface area contributed by atoms with Gasteiger partial charge in [-0.25, -0.2) is 0 Å². The molecular formula is C57H50GeN2O. The van der Waals surface area contributed by atoms with Crippen LogP contribution in [0.1, 0.15) is 52.7 Å². The third-order valence-electron chi connectivity index (χ3n) is 13.2. The summed E-state index contributed by atoms with van der Waals surface area (Å²) in [4.78, 5) is 5.13. The summed E-state index contributed by atoms with van der Waals surface area (Å²) in [5.74, 6) is 4.60. The first kappa shape index (κ1) is 37.7. The van der Waals surface area contributed by atoms with Crippen molar-refractivity contribution in [2.45, 2.75) is 58.1 Å². The Bertz CT molecular complexity index is 2820. The zero-order chi connectivity index (χ0) is 41.8. The molecule has 8 aromatic rings. The quantitative estimate of drug-likeness (QED) is 0.160. The van der Waals surface area contributed by atoms with Gasteiger partial charge in [0.15, 0.2) is 0 Å². The Morgan fingerprint density at radius 1 is 0.361 bits per heavy atom. The van der Waals surface area contributed by atoms with Crippen LogP contribution in [0.25, 0.3) is 33.4 Å². The Labute approximate surface area is 363 Å². The van der Waals surface area contributed by atoms with Gasteiger partial charge in [0, 0.05) is 0 Å². The Kier molecular flexibility index (Phi) is 8.41. The van der Waals surface area contributed by atoms with E-state index in [1.165, 1.54) is 69.3 Å². The minimum atomic E-state index is -3.61. The second-order valence-electron chi connectivity index (χ2n) is 19.2. The van der Waals surface area contributed by atoms with Crippen molar-refractivity contribution in [1.29, 1.82) is 0 Å². The van der Waals surface area contributed by atoms with Crippen molar-refractivity contribution in [3.8, 4) is 44.9 Å². The van der Waals surface area contributed by atoms with Crippen molar-refractivity contribution < 1.29 is 4.74 Å². The van der Waals surface area contributed by atoms with Crippen LogP contribution in [0.4, 0.5) is 34.1 Å². The van der Waals surface area contributed by atoms with Crippen LogP contribution in [0.3, 0.4) is 0 Å². The number of rotatable bonds is 5. The van der Waals surface area contributed by atoms with Gasteiger partial charge < -0.3 is 0 Å². The average molecular weight is 852 g/mol. The molecule has 298 valence electrons. The van der Waals surface area contributed by atoms with Crippen molar-refractivity contribution in [2.75, 3.05) is 9.80 Å². The Morgan fingerprint density at radius 3 is 1.00 bits per heavy atom. The summed E-state index contributed by atoms with van der Waals surface area (Å²) in [7, 11) is 0. The van der Waals surface area contributed by atoms with E-state index in [0.717, 1.165) is 34.0 Å². The van der Waals surface area contributed by atoms with E-state index in [2.05, 4.69) is 233 Å². The number of nitrogens with zero attached hydrogens (tertiary/aromatic N) is 2. The summed E-state index contributed by atoms with van der Waals surface area (Å²) in [5.41, 5.74) is 17.0. The van der Waals surface area contributed by atoms with E-state index in [4.69, 9.17) is 4.74 Å². The summed E-state index contributed by atoms with van der Waals surface area (Å²) in [5, 5.41) is 0. The molecule has 0 aliphatic carbocycles. The van der Waals surface area contributed by atoms with Gasteiger partial charge in [0.05, 0.1) is 0 Å². The summed E-state index contributed by atoms with van der Waals surface area (Å²) in [6.07, 6.45) is 0. The van der Waals surface area contributed by atoms with Crippen LogP contribution in [-0.4, -0.2) is 13.3 Å². The molecular weight excluding hydrogens is 801 g/mol. The number of benzene rings is 8. The molecule has 3 nitrogen and oxygen atoms in total. The van der Waals surface area contributed by atoms with Crippen LogP contribution in [0.15, 0.2) is 176 Å². The van der Waals surface area contributed by atoms with E-state index < -0.39 is 13.3 Å². The van der Waals surface area contributed by atoms with Crippen LogP contribution >= 0.6 is 0 Å². The predicted octanol–water partition coefficient (Wildman–Crippen LogP) is 14.1. The van der Waals surface area contributed by atoms with E-state index in [0.29, 0.717) is 0 Å². The Morgan fingerprint density at radius 2 is 0.672 bits per heavy atom. The molecule has 3 heterocycles. The molecule has 0 spiro atoms. The molecule has 3 aliphatic rings. The van der Waals surface area contributed by atoms with Crippen molar-refractivity contribution in [3.63, 3.8) is 0 Å². The van der Waals surface area contributed by atoms with Crippen LogP contribution < -0.4 is 27.7 Å². The van der Waals surface area contributed by atoms with Gasteiger partial charge in [-0.2, -0.15) is 0 Å². The van der Waals surface area contributed by atoms with Crippen LogP contribution in [0.2, 0.25) is 5.76 Å². The Hall–Kier alpha value is -6.30. The van der Waals surface area contributed by atoms with Gasteiger partial charge in [-0.1, -0.05) is 0 Å². The summed E-state index contributed by atoms with van der Waals surface area (Å²) in [6.45, 7) is 13.7. The molecule has 0 saturated carbocycles. The monoisotopic (exact) mass is 852 g/mol. The molecule has 0 atom stereocenters. The van der Waals surface area contributed by atoms with Crippen LogP contribution in [0, 0.1) is 0 Å². The molecule has 8 aromatic carbocycles. The van der Waals surface area contributed by atoms with E-state index in [9.17, 15) is 0 Å².